The molecule has 268 valence electrons. The van der Waals surface area contributed by atoms with Gasteiger partial charge in [0.15, 0.2) is 6.10 Å². The normalized spacial score (nSPS) is 12.5. The number of unbranched alkanes of at least 4 members (excludes halogenated alkanes) is 21. The first kappa shape index (κ1) is 44.1. The predicted molar refractivity (Wildman–Crippen MR) is 196 cm³/mol. The monoisotopic (exact) mass is 647 g/mol. The molecule has 0 unspecified atom stereocenters. The van der Waals surface area contributed by atoms with E-state index in [0.29, 0.717) is 12.8 Å². The Bertz CT molecular complexity index is 741. The van der Waals surface area contributed by atoms with Crippen LogP contribution >= 0.6 is 0 Å². The maximum absolute atomic E-state index is 12.1. The lowest BCUT2D eigenvalue weighted by Gasteiger charge is -2.15. The molecule has 0 aliphatic heterocycles. The molecule has 0 aliphatic carbocycles. The van der Waals surface area contributed by atoms with E-state index in [1.807, 2.05) is 0 Å². The lowest BCUT2D eigenvalue weighted by atomic mass is 10.1. The highest BCUT2D eigenvalue weighted by molar-refractivity contribution is 5.70. The minimum absolute atomic E-state index is 0.0728. The molecule has 46 heavy (non-hydrogen) atoms. The topological polar surface area (TPSA) is 72.8 Å². The van der Waals surface area contributed by atoms with Crippen LogP contribution in [0.25, 0.3) is 0 Å². The van der Waals surface area contributed by atoms with Crippen LogP contribution < -0.4 is 0 Å². The molecule has 5 nitrogen and oxygen atoms in total. The van der Waals surface area contributed by atoms with Crippen LogP contribution in [0.2, 0.25) is 0 Å². The first-order valence-corrected chi connectivity index (χ1v) is 19.5. The zero-order valence-electron chi connectivity index (χ0n) is 30.3. The summed E-state index contributed by atoms with van der Waals surface area (Å²) in [5.74, 6) is -0.610. The second-order valence-electron chi connectivity index (χ2n) is 13.0. The Balaban J connectivity index is 3.58. The number of carbonyl (C=O) groups excluding carboxylic acids is 2. The summed E-state index contributed by atoms with van der Waals surface area (Å²) in [6.07, 6.45) is 44.8. The van der Waals surface area contributed by atoms with E-state index in [9.17, 15) is 14.7 Å². The first-order chi connectivity index (χ1) is 22.6. The van der Waals surface area contributed by atoms with Crippen LogP contribution in [0.15, 0.2) is 36.5 Å². The lowest BCUT2D eigenvalue weighted by molar-refractivity contribution is -0.161. The lowest BCUT2D eigenvalue weighted by Crippen LogP contribution is -2.28. The third-order valence-corrected chi connectivity index (χ3v) is 8.41. The van der Waals surface area contributed by atoms with Gasteiger partial charge >= 0.3 is 11.9 Å². The molecule has 0 aliphatic rings. The summed E-state index contributed by atoms with van der Waals surface area (Å²) >= 11 is 0. The van der Waals surface area contributed by atoms with E-state index in [0.717, 1.165) is 51.4 Å². The summed E-state index contributed by atoms with van der Waals surface area (Å²) in [7, 11) is 0. The highest BCUT2D eigenvalue weighted by Gasteiger charge is 2.16. The van der Waals surface area contributed by atoms with Gasteiger partial charge in [0.1, 0.15) is 6.61 Å². The van der Waals surface area contributed by atoms with Crippen LogP contribution in [0, 0.1) is 0 Å². The van der Waals surface area contributed by atoms with E-state index in [4.69, 9.17) is 9.47 Å². The van der Waals surface area contributed by atoms with Gasteiger partial charge in [-0.2, -0.15) is 0 Å². The van der Waals surface area contributed by atoms with Gasteiger partial charge in [-0.15, -0.1) is 0 Å². The molecule has 0 spiro atoms. The number of rotatable bonds is 35. The molecule has 0 aromatic carbocycles. The average molecular weight is 647 g/mol. The van der Waals surface area contributed by atoms with Gasteiger partial charge in [0, 0.05) is 12.8 Å². The molecule has 0 heterocycles. The quantitative estimate of drug-likeness (QED) is 0.0421. The fourth-order valence-electron chi connectivity index (χ4n) is 5.40. The molecular weight excluding hydrogens is 572 g/mol. The number of esters is 2. The largest absolute Gasteiger partial charge is 0.462 e. The smallest absolute Gasteiger partial charge is 0.306 e. The van der Waals surface area contributed by atoms with E-state index in [2.05, 4.69) is 50.3 Å². The SMILES string of the molecule is CCCCCC=CCC=CCCCCCCCC(=O)O[C@@H](CO)COC(=O)CCCCCCCCCC=CCCCCCCCC. The Labute approximate surface area is 285 Å². The summed E-state index contributed by atoms with van der Waals surface area (Å²) in [6, 6.07) is 0. The Morgan fingerprint density at radius 3 is 1.35 bits per heavy atom. The summed E-state index contributed by atoms with van der Waals surface area (Å²) < 4.78 is 10.6. The maximum Gasteiger partial charge on any atom is 0.306 e. The van der Waals surface area contributed by atoms with Crippen molar-refractivity contribution < 1.29 is 24.2 Å². The van der Waals surface area contributed by atoms with Crippen molar-refractivity contribution in [1.82, 2.24) is 0 Å². The van der Waals surface area contributed by atoms with Gasteiger partial charge in [-0.1, -0.05) is 147 Å². The number of aliphatic hydroxyl groups is 1. The Hall–Kier alpha value is -1.88. The highest BCUT2D eigenvalue weighted by atomic mass is 16.6. The van der Waals surface area contributed by atoms with Crippen LogP contribution in [0.5, 0.6) is 0 Å². The molecule has 0 amide bonds. The Kier molecular flexibility index (Phi) is 36.0. The summed E-state index contributed by atoms with van der Waals surface area (Å²) in [6.45, 7) is 4.09. The average Bonchev–Trinajstić information content (AvgIpc) is 3.06. The fraction of sp³-hybridized carbons (Fsp3) is 0.805. The van der Waals surface area contributed by atoms with Crippen LogP contribution in [-0.2, 0) is 19.1 Å². The van der Waals surface area contributed by atoms with Crippen molar-refractivity contribution in [3.63, 3.8) is 0 Å². The van der Waals surface area contributed by atoms with Gasteiger partial charge in [-0.25, -0.2) is 0 Å². The van der Waals surface area contributed by atoms with Crippen LogP contribution in [0.3, 0.4) is 0 Å². The van der Waals surface area contributed by atoms with E-state index in [-0.39, 0.29) is 25.2 Å². The number of allylic oxidation sites excluding steroid dienone is 6. The van der Waals surface area contributed by atoms with Crippen LogP contribution in [0.1, 0.15) is 194 Å². The number of ether oxygens (including phenoxy) is 2. The third-order valence-electron chi connectivity index (χ3n) is 8.41. The van der Waals surface area contributed by atoms with Crippen molar-refractivity contribution in [2.75, 3.05) is 13.2 Å². The molecule has 0 saturated carbocycles. The van der Waals surface area contributed by atoms with Gasteiger partial charge in [0.2, 0.25) is 0 Å². The van der Waals surface area contributed by atoms with E-state index >= 15 is 0 Å². The first-order valence-electron chi connectivity index (χ1n) is 19.5. The van der Waals surface area contributed by atoms with E-state index in [1.54, 1.807) is 0 Å². The van der Waals surface area contributed by atoms with Gasteiger partial charge in [0.25, 0.3) is 0 Å². The van der Waals surface area contributed by atoms with Crippen molar-refractivity contribution in [2.24, 2.45) is 0 Å². The number of carbonyl (C=O) groups is 2. The minimum atomic E-state index is -0.778. The van der Waals surface area contributed by atoms with Crippen molar-refractivity contribution in [3.8, 4) is 0 Å². The summed E-state index contributed by atoms with van der Waals surface area (Å²) in [5.41, 5.74) is 0. The third kappa shape index (κ3) is 35.0. The minimum Gasteiger partial charge on any atom is -0.462 e. The van der Waals surface area contributed by atoms with Crippen LogP contribution in [0.4, 0.5) is 0 Å². The predicted octanol–water partition coefficient (Wildman–Crippen LogP) is 12.1. The number of hydrogen-bond acceptors (Lipinski definition) is 5. The highest BCUT2D eigenvalue weighted by Crippen LogP contribution is 2.13. The summed E-state index contributed by atoms with van der Waals surface area (Å²) in [4.78, 5) is 24.2. The molecule has 0 radical (unpaired) electrons. The van der Waals surface area contributed by atoms with Gasteiger partial charge in [0.05, 0.1) is 6.61 Å². The second kappa shape index (κ2) is 37.6. The maximum atomic E-state index is 12.1. The van der Waals surface area contributed by atoms with Crippen molar-refractivity contribution >= 4 is 11.9 Å². The molecule has 0 rings (SSSR count). The molecule has 0 fully saturated rings. The Morgan fingerprint density at radius 2 is 0.870 bits per heavy atom. The van der Waals surface area contributed by atoms with Crippen molar-refractivity contribution in [2.45, 2.75) is 200 Å². The summed E-state index contributed by atoms with van der Waals surface area (Å²) in [5, 5.41) is 9.54. The number of hydrogen-bond donors (Lipinski definition) is 1. The zero-order chi connectivity index (χ0) is 33.6. The molecule has 0 bridgehead atoms. The van der Waals surface area contributed by atoms with Crippen molar-refractivity contribution in [3.05, 3.63) is 36.5 Å². The molecular formula is C41H74O5. The van der Waals surface area contributed by atoms with Crippen LogP contribution in [-0.4, -0.2) is 36.4 Å². The second-order valence-corrected chi connectivity index (χ2v) is 13.0. The zero-order valence-corrected chi connectivity index (χ0v) is 30.3. The van der Waals surface area contributed by atoms with E-state index in [1.165, 1.54) is 116 Å². The molecule has 0 saturated heterocycles. The molecule has 5 heteroatoms. The number of aliphatic hydroxyl groups excluding tert-OH is 1. The van der Waals surface area contributed by atoms with Gasteiger partial charge in [-0.3, -0.25) is 9.59 Å². The van der Waals surface area contributed by atoms with Crippen molar-refractivity contribution in [1.29, 1.82) is 0 Å². The van der Waals surface area contributed by atoms with Gasteiger partial charge in [-0.05, 0) is 70.6 Å². The fourth-order valence-corrected chi connectivity index (χ4v) is 5.40. The molecule has 0 aromatic heterocycles. The Morgan fingerprint density at radius 1 is 0.500 bits per heavy atom. The van der Waals surface area contributed by atoms with E-state index < -0.39 is 6.10 Å². The molecule has 0 aromatic rings. The van der Waals surface area contributed by atoms with Gasteiger partial charge < -0.3 is 14.6 Å². The molecule has 1 N–H and O–H groups in total. The standard InChI is InChI=1S/C41H74O5/c1-3-5-7-9-11-13-15-17-19-20-22-23-25-27-29-31-33-35-40(43)45-38-39(37-42)46-41(44)36-34-32-30-28-26-24-21-18-16-14-12-10-8-6-4-2/h12,14,17-19,21,39,42H,3-11,13,15-16,20,22-38H2,1-2H3/t39-/m0/s1. The molecule has 1 atom stereocenters.